The fourth-order valence-corrected chi connectivity index (χ4v) is 2.66. The monoisotopic (exact) mass is 340 g/mol. The summed E-state index contributed by atoms with van der Waals surface area (Å²) in [6, 6.07) is 5.68. The molecule has 2 aromatic rings. The van der Waals surface area contributed by atoms with E-state index in [1.807, 2.05) is 32.0 Å². The third-order valence-corrected chi connectivity index (χ3v) is 3.76. The molecule has 0 saturated carbocycles. The molecule has 2 N–H and O–H groups in total. The van der Waals surface area contributed by atoms with Crippen molar-refractivity contribution in [1.82, 2.24) is 10.2 Å². The van der Waals surface area contributed by atoms with Gasteiger partial charge in [0, 0.05) is 16.7 Å². The highest BCUT2D eigenvalue weighted by atomic mass is 79.9. The average molecular weight is 341 g/mol. The van der Waals surface area contributed by atoms with Gasteiger partial charge in [0.2, 0.25) is 10.1 Å². The van der Waals surface area contributed by atoms with Crippen LogP contribution in [0, 0.1) is 6.92 Å². The summed E-state index contributed by atoms with van der Waals surface area (Å²) in [7, 11) is 0. The normalized spacial score (nSPS) is 10.3. The van der Waals surface area contributed by atoms with Crippen LogP contribution in [0.1, 0.15) is 22.3 Å². The van der Waals surface area contributed by atoms with Gasteiger partial charge >= 0.3 is 0 Å². The number of anilines is 2. The molecule has 1 heterocycles. The molecule has 100 valence electrons. The summed E-state index contributed by atoms with van der Waals surface area (Å²) in [4.78, 5) is 12.0. The SMILES string of the molecule is CCNc1nnc(C(=O)Nc2ccc(Br)cc2C)s1. The van der Waals surface area contributed by atoms with Crippen molar-refractivity contribution in [2.75, 3.05) is 17.2 Å². The average Bonchev–Trinajstić information content (AvgIpc) is 2.82. The van der Waals surface area contributed by atoms with E-state index in [0.29, 0.717) is 10.1 Å². The lowest BCUT2D eigenvalue weighted by Crippen LogP contribution is -2.12. The second-order valence-electron chi connectivity index (χ2n) is 3.86. The molecule has 5 nitrogen and oxygen atoms in total. The van der Waals surface area contributed by atoms with Crippen LogP contribution in [-0.2, 0) is 0 Å². The lowest BCUT2D eigenvalue weighted by molar-refractivity contribution is 0.102. The van der Waals surface area contributed by atoms with E-state index in [1.54, 1.807) is 0 Å². The predicted molar refractivity (Wildman–Crippen MR) is 80.9 cm³/mol. The van der Waals surface area contributed by atoms with Crippen LogP contribution in [0.5, 0.6) is 0 Å². The number of amides is 1. The van der Waals surface area contributed by atoms with Crippen molar-refractivity contribution in [1.29, 1.82) is 0 Å². The maximum absolute atomic E-state index is 12.0. The standard InChI is InChI=1S/C12H13BrN4OS/c1-3-14-12-17-16-11(19-12)10(18)15-9-5-4-8(13)6-7(9)2/h4-6H,3H2,1-2H3,(H,14,17)(H,15,18). The summed E-state index contributed by atoms with van der Waals surface area (Å²) >= 11 is 4.63. The first-order chi connectivity index (χ1) is 9.10. The lowest BCUT2D eigenvalue weighted by atomic mass is 10.2. The molecular formula is C12H13BrN4OS. The van der Waals surface area contributed by atoms with Crippen molar-refractivity contribution in [2.45, 2.75) is 13.8 Å². The van der Waals surface area contributed by atoms with Gasteiger partial charge in [-0.05, 0) is 37.6 Å². The highest BCUT2D eigenvalue weighted by Crippen LogP contribution is 2.22. The van der Waals surface area contributed by atoms with Gasteiger partial charge in [0.15, 0.2) is 0 Å². The molecule has 1 aromatic carbocycles. The van der Waals surface area contributed by atoms with Crippen molar-refractivity contribution in [3.63, 3.8) is 0 Å². The topological polar surface area (TPSA) is 66.9 Å². The predicted octanol–water partition coefficient (Wildman–Crippen LogP) is 3.29. The Hall–Kier alpha value is -1.47. The molecule has 0 atom stereocenters. The van der Waals surface area contributed by atoms with Gasteiger partial charge in [0.05, 0.1) is 0 Å². The van der Waals surface area contributed by atoms with E-state index in [-0.39, 0.29) is 5.91 Å². The highest BCUT2D eigenvalue weighted by molar-refractivity contribution is 9.10. The summed E-state index contributed by atoms with van der Waals surface area (Å²) in [6.07, 6.45) is 0. The molecule has 0 aliphatic heterocycles. The van der Waals surface area contributed by atoms with Crippen LogP contribution in [0.4, 0.5) is 10.8 Å². The van der Waals surface area contributed by atoms with Crippen LogP contribution in [0.2, 0.25) is 0 Å². The third-order valence-electron chi connectivity index (χ3n) is 2.38. The highest BCUT2D eigenvalue weighted by Gasteiger charge is 2.13. The van der Waals surface area contributed by atoms with Crippen LogP contribution in [-0.4, -0.2) is 22.6 Å². The number of nitrogens with one attached hydrogen (secondary N) is 2. The fourth-order valence-electron chi connectivity index (χ4n) is 1.48. The minimum absolute atomic E-state index is 0.243. The third kappa shape index (κ3) is 3.51. The number of hydrogen-bond acceptors (Lipinski definition) is 5. The molecule has 0 spiro atoms. The molecule has 0 aliphatic carbocycles. The second kappa shape index (κ2) is 6.12. The molecule has 0 aliphatic rings. The van der Waals surface area contributed by atoms with Gasteiger partial charge in [0.25, 0.3) is 5.91 Å². The van der Waals surface area contributed by atoms with Gasteiger partial charge in [-0.25, -0.2) is 0 Å². The Morgan fingerprint density at radius 3 is 2.89 bits per heavy atom. The molecule has 19 heavy (non-hydrogen) atoms. The Morgan fingerprint density at radius 1 is 1.42 bits per heavy atom. The second-order valence-corrected chi connectivity index (χ2v) is 5.75. The Labute approximate surface area is 123 Å². The van der Waals surface area contributed by atoms with Gasteiger partial charge in [-0.15, -0.1) is 10.2 Å². The number of aromatic nitrogens is 2. The van der Waals surface area contributed by atoms with E-state index in [4.69, 9.17) is 0 Å². The number of carbonyl (C=O) groups is 1. The number of aryl methyl sites for hydroxylation is 1. The Bertz CT molecular complexity index is 599. The van der Waals surface area contributed by atoms with Crippen LogP contribution in [0.15, 0.2) is 22.7 Å². The zero-order valence-electron chi connectivity index (χ0n) is 10.5. The maximum atomic E-state index is 12.0. The van der Waals surface area contributed by atoms with Crippen LogP contribution in [0.25, 0.3) is 0 Å². The smallest absolute Gasteiger partial charge is 0.286 e. The molecule has 1 aromatic heterocycles. The summed E-state index contributed by atoms with van der Waals surface area (Å²) in [5.74, 6) is -0.243. The van der Waals surface area contributed by atoms with Gasteiger partial charge in [-0.2, -0.15) is 0 Å². The zero-order chi connectivity index (χ0) is 13.8. The zero-order valence-corrected chi connectivity index (χ0v) is 12.9. The Kier molecular flexibility index (Phi) is 4.49. The van der Waals surface area contributed by atoms with Gasteiger partial charge < -0.3 is 10.6 Å². The quantitative estimate of drug-likeness (QED) is 0.896. The van der Waals surface area contributed by atoms with Gasteiger partial charge in [-0.3, -0.25) is 4.79 Å². The minimum atomic E-state index is -0.243. The summed E-state index contributed by atoms with van der Waals surface area (Å²) in [5.41, 5.74) is 1.76. The molecule has 0 saturated heterocycles. The summed E-state index contributed by atoms with van der Waals surface area (Å²) in [5, 5.41) is 14.6. The Balaban J connectivity index is 2.11. The maximum Gasteiger partial charge on any atom is 0.286 e. The van der Waals surface area contributed by atoms with E-state index < -0.39 is 0 Å². The summed E-state index contributed by atoms with van der Waals surface area (Å²) < 4.78 is 0.980. The van der Waals surface area contributed by atoms with Crippen LogP contribution >= 0.6 is 27.3 Å². The summed E-state index contributed by atoms with van der Waals surface area (Å²) in [6.45, 7) is 4.65. The first-order valence-corrected chi connectivity index (χ1v) is 7.36. The van der Waals surface area contributed by atoms with Crippen molar-refractivity contribution >= 4 is 44.0 Å². The van der Waals surface area contributed by atoms with E-state index >= 15 is 0 Å². The van der Waals surface area contributed by atoms with Crippen molar-refractivity contribution in [2.24, 2.45) is 0 Å². The van der Waals surface area contributed by atoms with Gasteiger partial charge in [0.1, 0.15) is 0 Å². The van der Waals surface area contributed by atoms with E-state index in [1.165, 1.54) is 11.3 Å². The number of halogens is 1. The number of carbonyl (C=O) groups excluding carboxylic acids is 1. The van der Waals surface area contributed by atoms with Crippen LogP contribution < -0.4 is 10.6 Å². The largest absolute Gasteiger partial charge is 0.360 e. The molecule has 0 fully saturated rings. The molecule has 0 bridgehead atoms. The molecule has 1 amide bonds. The van der Waals surface area contributed by atoms with Crippen molar-refractivity contribution < 1.29 is 4.79 Å². The van der Waals surface area contributed by atoms with E-state index in [2.05, 4.69) is 36.8 Å². The minimum Gasteiger partial charge on any atom is -0.360 e. The number of hydrogen-bond donors (Lipinski definition) is 2. The van der Waals surface area contributed by atoms with Gasteiger partial charge in [-0.1, -0.05) is 27.3 Å². The molecule has 7 heteroatoms. The number of nitrogens with zero attached hydrogens (tertiary/aromatic N) is 2. The number of benzene rings is 1. The fraction of sp³-hybridized carbons (Fsp3) is 0.250. The Morgan fingerprint density at radius 2 is 2.21 bits per heavy atom. The first-order valence-electron chi connectivity index (χ1n) is 5.75. The first kappa shape index (κ1) is 14.0. The molecule has 2 rings (SSSR count). The number of rotatable bonds is 4. The van der Waals surface area contributed by atoms with E-state index in [9.17, 15) is 4.79 Å². The molecule has 0 unspecified atom stereocenters. The lowest BCUT2D eigenvalue weighted by Gasteiger charge is -2.06. The molecular weight excluding hydrogens is 328 g/mol. The van der Waals surface area contributed by atoms with Crippen molar-refractivity contribution in [3.8, 4) is 0 Å². The molecule has 0 radical (unpaired) electrons. The van der Waals surface area contributed by atoms with E-state index in [0.717, 1.165) is 22.3 Å². The van der Waals surface area contributed by atoms with Crippen LogP contribution in [0.3, 0.4) is 0 Å². The van der Waals surface area contributed by atoms with Crippen molar-refractivity contribution in [3.05, 3.63) is 33.2 Å².